The molecule has 3 heterocycles. The molecule has 7 nitrogen and oxygen atoms in total. The van der Waals surface area contributed by atoms with Gasteiger partial charge in [0.1, 0.15) is 0 Å². The van der Waals surface area contributed by atoms with Crippen molar-refractivity contribution >= 4 is 28.4 Å². The predicted octanol–water partition coefficient (Wildman–Crippen LogP) is 4.67. The number of nitrogens with zero attached hydrogens (tertiary/aromatic N) is 2. The lowest BCUT2D eigenvalue weighted by atomic mass is 9.77. The quantitative estimate of drug-likeness (QED) is 0.383. The summed E-state index contributed by atoms with van der Waals surface area (Å²) in [5, 5.41) is 11.7. The van der Waals surface area contributed by atoms with Crippen LogP contribution in [0.5, 0.6) is 0 Å². The van der Waals surface area contributed by atoms with E-state index in [0.29, 0.717) is 24.1 Å². The minimum absolute atomic E-state index is 0.0470. The molecule has 2 aliphatic rings. The Morgan fingerprint density at radius 1 is 1.16 bits per heavy atom. The van der Waals surface area contributed by atoms with Gasteiger partial charge in [0.05, 0.1) is 28.8 Å². The first-order valence-corrected chi connectivity index (χ1v) is 12.7. The van der Waals surface area contributed by atoms with Crippen LogP contribution in [0.1, 0.15) is 63.4 Å². The van der Waals surface area contributed by atoms with E-state index in [1.54, 1.807) is 23.4 Å². The second-order valence-electron chi connectivity index (χ2n) is 10.8. The minimum Gasteiger partial charge on any atom is -0.390 e. The number of nitrogens with two attached hydrogens (primary N) is 1. The number of hydrogen-bond donors (Lipinski definition) is 3. The summed E-state index contributed by atoms with van der Waals surface area (Å²) in [7, 11) is 0. The molecule has 7 heteroatoms. The third kappa shape index (κ3) is 3.64. The van der Waals surface area contributed by atoms with Crippen molar-refractivity contribution in [3.05, 3.63) is 82.3 Å². The number of primary amides is 1. The highest BCUT2D eigenvalue weighted by molar-refractivity contribution is 6.13. The second kappa shape index (κ2) is 8.28. The van der Waals surface area contributed by atoms with Crippen LogP contribution in [0.3, 0.4) is 0 Å². The monoisotopic (exact) mass is 494 g/mol. The Kier molecular flexibility index (Phi) is 5.24. The maximum absolute atomic E-state index is 13.2. The molecule has 4 N–H and O–H groups in total. The van der Waals surface area contributed by atoms with Crippen LogP contribution >= 0.6 is 0 Å². The molecular formula is C30H30N4O3. The summed E-state index contributed by atoms with van der Waals surface area (Å²) >= 11 is 0. The summed E-state index contributed by atoms with van der Waals surface area (Å²) < 4.78 is 0. The number of anilines is 1. The molecule has 1 aliphatic heterocycles. The first kappa shape index (κ1) is 23.4. The average Bonchev–Trinajstić information content (AvgIpc) is 3.41. The van der Waals surface area contributed by atoms with E-state index in [1.807, 2.05) is 45.0 Å². The van der Waals surface area contributed by atoms with Crippen molar-refractivity contribution in [2.75, 3.05) is 4.90 Å². The Labute approximate surface area is 215 Å². The van der Waals surface area contributed by atoms with Gasteiger partial charge in [-0.3, -0.25) is 14.6 Å². The van der Waals surface area contributed by atoms with Gasteiger partial charge >= 0.3 is 0 Å². The van der Waals surface area contributed by atoms with Crippen LogP contribution in [-0.2, 0) is 19.4 Å². The van der Waals surface area contributed by atoms with Crippen LogP contribution in [0.4, 0.5) is 5.69 Å². The van der Waals surface area contributed by atoms with Crippen molar-refractivity contribution in [2.24, 2.45) is 11.7 Å². The molecule has 1 unspecified atom stereocenters. The van der Waals surface area contributed by atoms with E-state index in [4.69, 9.17) is 5.73 Å². The highest BCUT2D eigenvalue weighted by Crippen LogP contribution is 2.43. The molecule has 2 aromatic carbocycles. The van der Waals surface area contributed by atoms with Crippen LogP contribution < -0.4 is 10.6 Å². The fraction of sp³-hybridized carbons (Fsp3) is 0.300. The highest BCUT2D eigenvalue weighted by atomic mass is 16.3. The normalized spacial score (nSPS) is 17.2. The molecule has 0 spiro atoms. The number of carbonyl (C=O) groups excluding carboxylic acids is 2. The Morgan fingerprint density at radius 2 is 1.97 bits per heavy atom. The third-order valence-corrected chi connectivity index (χ3v) is 8.21. The molecular weight excluding hydrogens is 464 g/mol. The maximum atomic E-state index is 13.2. The highest BCUT2D eigenvalue weighted by Gasteiger charge is 2.34. The van der Waals surface area contributed by atoms with E-state index in [1.165, 1.54) is 5.56 Å². The van der Waals surface area contributed by atoms with Crippen molar-refractivity contribution in [1.82, 2.24) is 9.97 Å². The molecule has 1 atom stereocenters. The molecule has 0 bridgehead atoms. The third-order valence-electron chi connectivity index (χ3n) is 8.21. The molecule has 4 aromatic rings. The topological polar surface area (TPSA) is 112 Å². The van der Waals surface area contributed by atoms with Crippen molar-refractivity contribution < 1.29 is 14.7 Å². The number of H-pyrrole nitrogens is 1. The van der Waals surface area contributed by atoms with E-state index < -0.39 is 11.5 Å². The Bertz CT molecular complexity index is 1590. The van der Waals surface area contributed by atoms with Crippen LogP contribution in [-0.4, -0.2) is 32.5 Å². The largest absolute Gasteiger partial charge is 0.390 e. The van der Waals surface area contributed by atoms with Gasteiger partial charge in [0.25, 0.3) is 11.8 Å². The number of hydrogen-bond acceptors (Lipinski definition) is 4. The van der Waals surface area contributed by atoms with Crippen LogP contribution in [0.25, 0.3) is 22.0 Å². The summed E-state index contributed by atoms with van der Waals surface area (Å²) in [6.45, 7) is 6.26. The first-order chi connectivity index (χ1) is 17.6. The smallest absolute Gasteiger partial charge is 0.260 e. The standard InChI is InChI=1S/C30H30N4O3/c1-16-19(5-4-6-25(16)34-15-17-11-12-32-14-23(17)29(34)36)20-9-10-22(28(31)35)27-26(20)21-8-7-18(30(2,3)37)13-24(21)33-27/h4-6,9-12,14,18,33,37H,7-8,13,15H2,1-3H3,(H2,31,35). The average molecular weight is 495 g/mol. The van der Waals surface area contributed by atoms with E-state index in [2.05, 4.69) is 16.0 Å². The number of aliphatic hydroxyl groups is 1. The summed E-state index contributed by atoms with van der Waals surface area (Å²) in [5.41, 5.74) is 13.9. The van der Waals surface area contributed by atoms with Gasteiger partial charge in [0, 0.05) is 29.2 Å². The number of rotatable bonds is 4. The molecule has 0 fully saturated rings. The lowest BCUT2D eigenvalue weighted by molar-refractivity contribution is 0.0107. The number of nitrogens with one attached hydrogen (secondary N) is 1. The lowest BCUT2D eigenvalue weighted by Crippen LogP contribution is -2.34. The number of fused-ring (bicyclic) bond motifs is 4. The van der Waals surface area contributed by atoms with Crippen LogP contribution in [0.2, 0.25) is 0 Å². The number of benzene rings is 2. The Morgan fingerprint density at radius 3 is 2.70 bits per heavy atom. The summed E-state index contributed by atoms with van der Waals surface area (Å²) in [6.07, 6.45) is 5.71. The van der Waals surface area contributed by atoms with E-state index in [0.717, 1.165) is 57.4 Å². The number of carbonyl (C=O) groups is 2. The lowest BCUT2D eigenvalue weighted by Gasteiger charge is -2.32. The van der Waals surface area contributed by atoms with Gasteiger partial charge in [-0.2, -0.15) is 0 Å². The molecule has 0 saturated heterocycles. The van der Waals surface area contributed by atoms with Crippen molar-refractivity contribution in [2.45, 2.75) is 52.2 Å². The number of aromatic nitrogens is 2. The number of amides is 2. The first-order valence-electron chi connectivity index (χ1n) is 12.7. The molecule has 6 rings (SSSR count). The van der Waals surface area contributed by atoms with Crippen molar-refractivity contribution in [3.8, 4) is 11.1 Å². The number of pyridine rings is 1. The van der Waals surface area contributed by atoms with Crippen molar-refractivity contribution in [1.29, 1.82) is 0 Å². The van der Waals surface area contributed by atoms with Gasteiger partial charge < -0.3 is 20.7 Å². The van der Waals surface area contributed by atoms with Gasteiger partial charge in [-0.1, -0.05) is 18.2 Å². The van der Waals surface area contributed by atoms with Gasteiger partial charge in [-0.15, -0.1) is 0 Å². The molecule has 0 saturated carbocycles. The fourth-order valence-electron chi connectivity index (χ4n) is 6.12. The summed E-state index contributed by atoms with van der Waals surface area (Å²) in [4.78, 5) is 35.0. The molecule has 1 aliphatic carbocycles. The maximum Gasteiger partial charge on any atom is 0.260 e. The number of aromatic amines is 1. The Balaban J connectivity index is 1.51. The van der Waals surface area contributed by atoms with Crippen LogP contribution in [0.15, 0.2) is 48.8 Å². The summed E-state index contributed by atoms with van der Waals surface area (Å²) in [6, 6.07) is 11.7. The molecule has 37 heavy (non-hydrogen) atoms. The van der Waals surface area contributed by atoms with Crippen LogP contribution in [0, 0.1) is 12.8 Å². The van der Waals surface area contributed by atoms with Gasteiger partial charge in [-0.05, 0) is 92.0 Å². The van der Waals surface area contributed by atoms with E-state index >= 15 is 0 Å². The second-order valence-corrected chi connectivity index (χ2v) is 10.8. The molecule has 188 valence electrons. The van der Waals surface area contributed by atoms with E-state index in [-0.39, 0.29) is 11.8 Å². The summed E-state index contributed by atoms with van der Waals surface area (Å²) in [5.74, 6) is -0.404. The SMILES string of the molecule is Cc1c(-c2ccc(C(N)=O)c3[nH]c4c(c23)CCC(C(C)(C)O)C4)cccc1N1Cc2ccncc2C1=O. The van der Waals surface area contributed by atoms with E-state index in [9.17, 15) is 14.7 Å². The zero-order valence-corrected chi connectivity index (χ0v) is 21.3. The zero-order chi connectivity index (χ0) is 26.1. The molecule has 0 radical (unpaired) electrons. The fourth-order valence-corrected chi connectivity index (χ4v) is 6.12. The molecule has 2 aromatic heterocycles. The minimum atomic E-state index is -0.787. The zero-order valence-electron chi connectivity index (χ0n) is 21.3. The number of aryl methyl sites for hydroxylation is 1. The van der Waals surface area contributed by atoms with Gasteiger partial charge in [0.15, 0.2) is 0 Å². The van der Waals surface area contributed by atoms with Crippen molar-refractivity contribution in [3.63, 3.8) is 0 Å². The predicted molar refractivity (Wildman–Crippen MR) is 144 cm³/mol. The Hall–Kier alpha value is -3.97. The van der Waals surface area contributed by atoms with Gasteiger partial charge in [-0.25, -0.2) is 0 Å². The molecule has 2 amide bonds. The van der Waals surface area contributed by atoms with Gasteiger partial charge in [0.2, 0.25) is 0 Å².